The van der Waals surface area contributed by atoms with E-state index in [0.29, 0.717) is 5.56 Å². The number of hydrazine groups is 1. The van der Waals surface area contributed by atoms with Gasteiger partial charge < -0.3 is 0 Å². The van der Waals surface area contributed by atoms with Crippen molar-refractivity contribution in [3.8, 4) is 0 Å². The summed E-state index contributed by atoms with van der Waals surface area (Å²) < 4.78 is 26.7. The molecule has 0 saturated carbocycles. The average Bonchev–Trinajstić information content (AvgIpc) is 2.39. The van der Waals surface area contributed by atoms with Crippen molar-refractivity contribution in [2.24, 2.45) is 5.84 Å². The quantitative estimate of drug-likeness (QED) is 0.648. The van der Waals surface area contributed by atoms with Gasteiger partial charge >= 0.3 is 0 Å². The van der Waals surface area contributed by atoms with Crippen molar-refractivity contribution in [2.45, 2.75) is 25.8 Å². The van der Waals surface area contributed by atoms with Crippen molar-refractivity contribution < 1.29 is 8.78 Å². The molecule has 1 atom stereocenters. The van der Waals surface area contributed by atoms with Crippen molar-refractivity contribution >= 4 is 0 Å². The standard InChI is InChI=1S/C16H18F2N2/c1-2-4-11-5-3-6-12(7-11)16(20-19)13-8-14(17)10-15(18)9-13/h3,5-10,16,20H,2,4,19H2,1H3. The molecule has 0 amide bonds. The molecule has 2 nitrogen and oxygen atoms in total. The summed E-state index contributed by atoms with van der Waals surface area (Å²) in [5, 5.41) is 0. The number of hydrogen-bond acceptors (Lipinski definition) is 2. The van der Waals surface area contributed by atoms with E-state index in [1.165, 1.54) is 17.7 Å². The molecule has 0 bridgehead atoms. The minimum atomic E-state index is -0.607. The van der Waals surface area contributed by atoms with E-state index in [0.717, 1.165) is 24.5 Å². The molecule has 2 aromatic carbocycles. The Bertz CT molecular complexity index is 564. The lowest BCUT2D eigenvalue weighted by atomic mass is 9.96. The fraction of sp³-hybridized carbons (Fsp3) is 0.250. The first kappa shape index (κ1) is 14.6. The molecule has 106 valence electrons. The Labute approximate surface area is 117 Å². The molecule has 0 radical (unpaired) electrons. The lowest BCUT2D eigenvalue weighted by molar-refractivity contribution is 0.566. The van der Waals surface area contributed by atoms with E-state index in [4.69, 9.17) is 5.84 Å². The molecule has 2 rings (SSSR count). The normalized spacial score (nSPS) is 12.4. The Morgan fingerprint density at radius 2 is 1.75 bits per heavy atom. The highest BCUT2D eigenvalue weighted by Gasteiger charge is 2.14. The third-order valence-corrected chi connectivity index (χ3v) is 3.21. The van der Waals surface area contributed by atoms with Gasteiger partial charge in [0, 0.05) is 6.07 Å². The monoisotopic (exact) mass is 276 g/mol. The molecule has 0 fully saturated rings. The van der Waals surface area contributed by atoms with E-state index >= 15 is 0 Å². The summed E-state index contributed by atoms with van der Waals surface area (Å²) in [6.07, 6.45) is 2.00. The Hall–Kier alpha value is -1.78. The number of halogens is 2. The third kappa shape index (κ3) is 3.40. The molecule has 0 spiro atoms. The largest absolute Gasteiger partial charge is 0.271 e. The molecular weight excluding hydrogens is 258 g/mol. The Morgan fingerprint density at radius 1 is 1.05 bits per heavy atom. The van der Waals surface area contributed by atoms with E-state index < -0.39 is 17.7 Å². The van der Waals surface area contributed by atoms with Gasteiger partial charge in [0.15, 0.2) is 0 Å². The third-order valence-electron chi connectivity index (χ3n) is 3.21. The van der Waals surface area contributed by atoms with Crippen LogP contribution in [0.2, 0.25) is 0 Å². The van der Waals surface area contributed by atoms with Crippen LogP contribution in [0.4, 0.5) is 8.78 Å². The fourth-order valence-electron chi connectivity index (χ4n) is 2.34. The van der Waals surface area contributed by atoms with Gasteiger partial charge in [-0.15, -0.1) is 0 Å². The van der Waals surface area contributed by atoms with E-state index in [-0.39, 0.29) is 0 Å². The number of nitrogens with one attached hydrogen (secondary N) is 1. The number of benzene rings is 2. The summed E-state index contributed by atoms with van der Waals surface area (Å²) >= 11 is 0. The lowest BCUT2D eigenvalue weighted by Crippen LogP contribution is -2.29. The van der Waals surface area contributed by atoms with Gasteiger partial charge in [-0.3, -0.25) is 5.84 Å². The Balaban J connectivity index is 2.38. The van der Waals surface area contributed by atoms with E-state index in [9.17, 15) is 8.78 Å². The first-order chi connectivity index (χ1) is 9.63. The zero-order chi connectivity index (χ0) is 14.5. The molecular formula is C16H18F2N2. The zero-order valence-electron chi connectivity index (χ0n) is 11.4. The summed E-state index contributed by atoms with van der Waals surface area (Å²) in [6.45, 7) is 2.10. The maximum atomic E-state index is 13.3. The number of aryl methyl sites for hydroxylation is 1. The first-order valence-electron chi connectivity index (χ1n) is 6.65. The van der Waals surface area contributed by atoms with Crippen LogP contribution in [0.15, 0.2) is 42.5 Å². The fourth-order valence-corrected chi connectivity index (χ4v) is 2.34. The molecule has 20 heavy (non-hydrogen) atoms. The number of hydrogen-bond donors (Lipinski definition) is 2. The summed E-state index contributed by atoms with van der Waals surface area (Å²) in [6, 6.07) is 10.9. The van der Waals surface area contributed by atoms with Crippen LogP contribution in [0.25, 0.3) is 0 Å². The van der Waals surface area contributed by atoms with Crippen LogP contribution < -0.4 is 11.3 Å². The van der Waals surface area contributed by atoms with Crippen molar-refractivity contribution in [1.29, 1.82) is 0 Å². The SMILES string of the molecule is CCCc1cccc(C(NN)c2cc(F)cc(F)c2)c1. The minimum Gasteiger partial charge on any atom is -0.271 e. The highest BCUT2D eigenvalue weighted by atomic mass is 19.1. The minimum absolute atomic E-state index is 0.433. The van der Waals surface area contributed by atoms with Gasteiger partial charge in [0.05, 0.1) is 6.04 Å². The van der Waals surface area contributed by atoms with Gasteiger partial charge in [-0.2, -0.15) is 0 Å². The van der Waals surface area contributed by atoms with E-state index in [1.807, 2.05) is 24.3 Å². The molecule has 0 saturated heterocycles. The molecule has 0 aliphatic rings. The second-order valence-corrected chi connectivity index (χ2v) is 4.80. The predicted molar refractivity (Wildman–Crippen MR) is 76.0 cm³/mol. The van der Waals surface area contributed by atoms with Gasteiger partial charge in [0.25, 0.3) is 0 Å². The summed E-state index contributed by atoms with van der Waals surface area (Å²) in [5.74, 6) is 4.35. The Morgan fingerprint density at radius 3 is 2.35 bits per heavy atom. The summed E-state index contributed by atoms with van der Waals surface area (Å²) in [4.78, 5) is 0. The molecule has 2 aromatic rings. The summed E-state index contributed by atoms with van der Waals surface area (Å²) in [7, 11) is 0. The van der Waals surface area contributed by atoms with Crippen LogP contribution >= 0.6 is 0 Å². The first-order valence-corrected chi connectivity index (χ1v) is 6.65. The van der Waals surface area contributed by atoms with E-state index in [2.05, 4.69) is 12.3 Å². The number of rotatable bonds is 5. The van der Waals surface area contributed by atoms with Crippen LogP contribution in [-0.4, -0.2) is 0 Å². The molecule has 0 aliphatic carbocycles. The van der Waals surface area contributed by atoms with Crippen molar-refractivity contribution in [1.82, 2.24) is 5.43 Å². The average molecular weight is 276 g/mol. The second kappa shape index (κ2) is 6.59. The van der Waals surface area contributed by atoms with Crippen LogP contribution in [0, 0.1) is 11.6 Å². The zero-order valence-corrected chi connectivity index (χ0v) is 11.4. The van der Waals surface area contributed by atoms with Gasteiger partial charge in [-0.05, 0) is 35.2 Å². The maximum Gasteiger partial charge on any atom is 0.126 e. The molecule has 0 heterocycles. The van der Waals surface area contributed by atoms with Crippen LogP contribution in [0.1, 0.15) is 36.1 Å². The number of nitrogens with two attached hydrogens (primary N) is 1. The van der Waals surface area contributed by atoms with Crippen molar-refractivity contribution in [2.75, 3.05) is 0 Å². The van der Waals surface area contributed by atoms with Crippen LogP contribution in [0.5, 0.6) is 0 Å². The highest BCUT2D eigenvalue weighted by molar-refractivity contribution is 5.34. The second-order valence-electron chi connectivity index (χ2n) is 4.80. The molecule has 4 heteroatoms. The maximum absolute atomic E-state index is 13.3. The van der Waals surface area contributed by atoms with Crippen LogP contribution in [0.3, 0.4) is 0 Å². The van der Waals surface area contributed by atoms with Crippen molar-refractivity contribution in [3.63, 3.8) is 0 Å². The molecule has 3 N–H and O–H groups in total. The predicted octanol–water partition coefficient (Wildman–Crippen LogP) is 3.47. The molecule has 1 unspecified atom stereocenters. The van der Waals surface area contributed by atoms with Gasteiger partial charge in [-0.25, -0.2) is 14.2 Å². The van der Waals surface area contributed by atoms with Gasteiger partial charge in [0.2, 0.25) is 0 Å². The lowest BCUT2D eigenvalue weighted by Gasteiger charge is -2.18. The van der Waals surface area contributed by atoms with E-state index in [1.54, 1.807) is 0 Å². The molecule has 0 aromatic heterocycles. The summed E-state index contributed by atoms with van der Waals surface area (Å²) in [5.41, 5.74) is 5.17. The highest BCUT2D eigenvalue weighted by Crippen LogP contribution is 2.24. The van der Waals surface area contributed by atoms with Gasteiger partial charge in [0.1, 0.15) is 11.6 Å². The van der Waals surface area contributed by atoms with Crippen molar-refractivity contribution in [3.05, 3.63) is 70.8 Å². The van der Waals surface area contributed by atoms with Crippen LogP contribution in [-0.2, 0) is 6.42 Å². The Kier molecular flexibility index (Phi) is 4.82. The van der Waals surface area contributed by atoms with Gasteiger partial charge in [-0.1, -0.05) is 37.6 Å². The topological polar surface area (TPSA) is 38.0 Å². The molecule has 0 aliphatic heterocycles. The smallest absolute Gasteiger partial charge is 0.126 e.